The smallest absolute Gasteiger partial charge is 0.264 e. The predicted octanol–water partition coefficient (Wildman–Crippen LogP) is 6.02. The molecule has 4 aromatic rings. The molecule has 1 atom stereocenters. The van der Waals surface area contributed by atoms with Gasteiger partial charge < -0.3 is 15.0 Å². The van der Waals surface area contributed by atoms with Gasteiger partial charge in [0.05, 0.1) is 17.7 Å². The zero-order valence-corrected chi connectivity index (χ0v) is 27.2. The number of amides is 2. The fourth-order valence-electron chi connectivity index (χ4n) is 4.84. The highest BCUT2D eigenvalue weighted by Crippen LogP contribution is 2.27. The Morgan fingerprint density at radius 2 is 1.53 bits per heavy atom. The maximum absolute atomic E-state index is 14.5. The van der Waals surface area contributed by atoms with E-state index in [4.69, 9.17) is 16.3 Å². The molecular formula is C35H38ClN3O5S. The molecule has 8 nitrogen and oxygen atoms in total. The Labute approximate surface area is 270 Å². The van der Waals surface area contributed by atoms with Crippen LogP contribution in [0.3, 0.4) is 0 Å². The van der Waals surface area contributed by atoms with Crippen molar-refractivity contribution in [2.45, 2.75) is 44.2 Å². The van der Waals surface area contributed by atoms with Crippen LogP contribution < -0.4 is 14.4 Å². The van der Waals surface area contributed by atoms with Crippen LogP contribution in [0.1, 0.15) is 30.0 Å². The molecule has 4 rings (SSSR count). The lowest BCUT2D eigenvalue weighted by Crippen LogP contribution is -2.53. The maximum atomic E-state index is 14.5. The number of rotatable bonds is 14. The van der Waals surface area contributed by atoms with Crippen molar-refractivity contribution < 1.29 is 22.7 Å². The fraction of sp³-hybridized carbons (Fsp3) is 0.257. The van der Waals surface area contributed by atoms with Crippen molar-refractivity contribution in [1.82, 2.24) is 10.2 Å². The highest BCUT2D eigenvalue weighted by Gasteiger charge is 2.34. The van der Waals surface area contributed by atoms with Crippen LogP contribution in [0.5, 0.6) is 5.75 Å². The molecule has 0 spiro atoms. The van der Waals surface area contributed by atoms with Gasteiger partial charge in [-0.1, -0.05) is 84.8 Å². The van der Waals surface area contributed by atoms with Gasteiger partial charge in [-0.2, -0.15) is 0 Å². The number of nitrogens with zero attached hydrogens (tertiary/aromatic N) is 2. The number of anilines is 1. The van der Waals surface area contributed by atoms with Crippen LogP contribution in [-0.4, -0.2) is 51.4 Å². The van der Waals surface area contributed by atoms with Crippen molar-refractivity contribution in [2.24, 2.45) is 0 Å². The average molecular weight is 648 g/mol. The largest absolute Gasteiger partial charge is 0.497 e. The molecule has 1 N–H and O–H groups in total. The van der Waals surface area contributed by atoms with E-state index >= 15 is 0 Å². The number of aryl methyl sites for hydroxylation is 1. The van der Waals surface area contributed by atoms with Crippen molar-refractivity contribution in [3.63, 3.8) is 0 Å². The zero-order chi connectivity index (χ0) is 32.4. The number of carbonyl (C=O) groups is 2. The molecule has 0 saturated heterocycles. The normalized spacial score (nSPS) is 11.8. The second kappa shape index (κ2) is 15.6. The summed E-state index contributed by atoms with van der Waals surface area (Å²) in [6.07, 6.45) is 0.936. The van der Waals surface area contributed by atoms with Crippen molar-refractivity contribution in [1.29, 1.82) is 0 Å². The second-order valence-electron chi connectivity index (χ2n) is 10.6. The summed E-state index contributed by atoms with van der Waals surface area (Å²) in [6, 6.07) is 28.5. The lowest BCUT2D eigenvalue weighted by Gasteiger charge is -2.34. The van der Waals surface area contributed by atoms with Crippen LogP contribution in [-0.2, 0) is 32.6 Å². The Balaban J connectivity index is 1.80. The Morgan fingerprint density at radius 3 is 2.16 bits per heavy atom. The van der Waals surface area contributed by atoms with Crippen LogP contribution in [0.25, 0.3) is 0 Å². The van der Waals surface area contributed by atoms with Gasteiger partial charge in [0.2, 0.25) is 11.8 Å². The molecule has 4 aromatic carbocycles. The predicted molar refractivity (Wildman–Crippen MR) is 178 cm³/mol. The highest BCUT2D eigenvalue weighted by molar-refractivity contribution is 7.92. The number of benzene rings is 4. The first kappa shape index (κ1) is 33.6. The van der Waals surface area contributed by atoms with Gasteiger partial charge >= 0.3 is 0 Å². The Hall–Kier alpha value is -4.34. The molecule has 0 saturated carbocycles. The summed E-state index contributed by atoms with van der Waals surface area (Å²) >= 11 is 6.54. The van der Waals surface area contributed by atoms with Crippen molar-refractivity contribution in [2.75, 3.05) is 24.5 Å². The summed E-state index contributed by atoms with van der Waals surface area (Å²) in [6.45, 7) is 3.72. The van der Waals surface area contributed by atoms with E-state index in [9.17, 15) is 18.0 Å². The summed E-state index contributed by atoms with van der Waals surface area (Å²) in [7, 11) is -2.72. The van der Waals surface area contributed by atoms with Gasteiger partial charge in [0, 0.05) is 24.5 Å². The quantitative estimate of drug-likeness (QED) is 0.181. The number of nitrogens with one attached hydrogen (secondary N) is 1. The monoisotopic (exact) mass is 647 g/mol. The number of halogens is 1. The lowest BCUT2D eigenvalue weighted by molar-refractivity contribution is -0.140. The molecule has 2 amide bonds. The third-order valence-electron chi connectivity index (χ3n) is 7.37. The maximum Gasteiger partial charge on any atom is 0.264 e. The summed E-state index contributed by atoms with van der Waals surface area (Å²) in [5, 5.41) is 3.37. The SMILES string of the molecule is CCCNC(=O)[C@@H](Cc1ccccc1)N(Cc1ccccc1Cl)C(=O)CN(c1ccc(C)cc1)S(=O)(=O)c1ccc(OC)cc1. The van der Waals surface area contributed by atoms with Gasteiger partial charge in [-0.05, 0) is 66.9 Å². The van der Waals surface area contributed by atoms with Gasteiger partial charge in [-0.25, -0.2) is 8.42 Å². The molecule has 0 radical (unpaired) electrons. The first-order valence-electron chi connectivity index (χ1n) is 14.7. The van der Waals surface area contributed by atoms with Crippen molar-refractivity contribution in [3.8, 4) is 5.75 Å². The van der Waals surface area contributed by atoms with Crippen LogP contribution in [0.4, 0.5) is 5.69 Å². The zero-order valence-electron chi connectivity index (χ0n) is 25.6. The summed E-state index contributed by atoms with van der Waals surface area (Å²) in [5.74, 6) is -0.388. The fourth-order valence-corrected chi connectivity index (χ4v) is 6.45. The standard InChI is InChI=1S/C35H38ClN3O5S/c1-4-22-37-35(41)33(23-27-10-6-5-7-11-27)38(24-28-12-8-9-13-32(28)36)34(40)25-39(29-16-14-26(2)15-17-29)45(42,43)31-20-18-30(44-3)19-21-31/h5-21,33H,4,22-25H2,1-3H3,(H,37,41)/t33-/m1/s1. The summed E-state index contributed by atoms with van der Waals surface area (Å²) < 4.78 is 34.6. The topological polar surface area (TPSA) is 96.0 Å². The highest BCUT2D eigenvalue weighted by atomic mass is 35.5. The number of ether oxygens (including phenoxy) is 1. The molecular weight excluding hydrogens is 610 g/mol. The molecule has 45 heavy (non-hydrogen) atoms. The van der Waals surface area contributed by atoms with Crippen molar-refractivity contribution >= 4 is 39.1 Å². The molecule has 10 heteroatoms. The average Bonchev–Trinajstić information content (AvgIpc) is 3.05. The summed E-state index contributed by atoms with van der Waals surface area (Å²) in [5.41, 5.74) is 2.74. The minimum Gasteiger partial charge on any atom is -0.497 e. The van der Waals surface area contributed by atoms with Crippen molar-refractivity contribution in [3.05, 3.63) is 125 Å². The minimum atomic E-state index is -4.22. The minimum absolute atomic E-state index is 0.000126. The van der Waals surface area contributed by atoms with E-state index in [1.54, 1.807) is 60.7 Å². The van der Waals surface area contributed by atoms with Gasteiger partial charge in [0.1, 0.15) is 18.3 Å². The van der Waals surface area contributed by atoms with Crippen LogP contribution >= 0.6 is 11.6 Å². The lowest BCUT2D eigenvalue weighted by atomic mass is 10.0. The van der Waals surface area contributed by atoms with Crippen LogP contribution in [0.15, 0.2) is 108 Å². The van der Waals surface area contributed by atoms with Gasteiger partial charge in [0.25, 0.3) is 10.0 Å². The Morgan fingerprint density at radius 1 is 0.889 bits per heavy atom. The van der Waals surface area contributed by atoms with Crippen LogP contribution in [0.2, 0.25) is 5.02 Å². The van der Waals surface area contributed by atoms with Gasteiger partial charge in [0.15, 0.2) is 0 Å². The molecule has 0 aromatic heterocycles. The Bertz CT molecular complexity index is 1680. The van der Waals surface area contributed by atoms with Gasteiger partial charge in [-0.15, -0.1) is 0 Å². The summed E-state index contributed by atoms with van der Waals surface area (Å²) in [4.78, 5) is 29.6. The molecule has 0 heterocycles. The molecule has 0 fully saturated rings. The van der Waals surface area contributed by atoms with Gasteiger partial charge in [-0.3, -0.25) is 13.9 Å². The molecule has 0 unspecified atom stereocenters. The van der Waals surface area contributed by atoms with Crippen LogP contribution in [0, 0.1) is 6.92 Å². The van der Waals surface area contributed by atoms with E-state index in [0.29, 0.717) is 35.0 Å². The first-order chi connectivity index (χ1) is 21.6. The van der Waals surface area contributed by atoms with E-state index in [-0.39, 0.29) is 23.8 Å². The number of hydrogen-bond donors (Lipinski definition) is 1. The second-order valence-corrected chi connectivity index (χ2v) is 12.9. The van der Waals surface area contributed by atoms with E-state index in [2.05, 4.69) is 5.32 Å². The Kier molecular flexibility index (Phi) is 11.6. The van der Waals surface area contributed by atoms with E-state index in [0.717, 1.165) is 15.4 Å². The third kappa shape index (κ3) is 8.65. The molecule has 0 aliphatic heterocycles. The number of sulfonamides is 1. The molecule has 0 aliphatic rings. The number of carbonyl (C=O) groups excluding carboxylic acids is 2. The third-order valence-corrected chi connectivity index (χ3v) is 9.52. The first-order valence-corrected chi connectivity index (χ1v) is 16.5. The molecule has 0 bridgehead atoms. The molecule has 0 aliphatic carbocycles. The molecule has 236 valence electrons. The van der Waals surface area contributed by atoms with E-state index < -0.39 is 28.5 Å². The van der Waals surface area contributed by atoms with E-state index in [1.165, 1.54) is 24.1 Å². The number of methoxy groups -OCH3 is 1. The number of hydrogen-bond acceptors (Lipinski definition) is 5. The van der Waals surface area contributed by atoms with E-state index in [1.807, 2.05) is 44.2 Å².